The fourth-order valence-electron chi connectivity index (χ4n) is 2.75. The van der Waals surface area contributed by atoms with Crippen molar-refractivity contribution in [2.75, 3.05) is 32.7 Å². The van der Waals surface area contributed by atoms with Gasteiger partial charge in [0, 0.05) is 44.4 Å². The van der Waals surface area contributed by atoms with E-state index in [1.165, 1.54) is 0 Å². The van der Waals surface area contributed by atoms with E-state index in [2.05, 4.69) is 9.80 Å². The molecular weight excluding hydrogens is 238 g/mol. The zero-order chi connectivity index (χ0) is 12.7. The van der Waals surface area contributed by atoms with E-state index in [0.717, 1.165) is 44.4 Å². The topological polar surface area (TPSA) is 23.6 Å². The highest BCUT2D eigenvalue weighted by atomic mass is 19.1. The molecule has 1 aromatic rings. The number of fused-ring (bicyclic) bond motifs is 3. The van der Waals surface area contributed by atoms with Crippen molar-refractivity contribution in [2.24, 2.45) is 0 Å². The van der Waals surface area contributed by atoms with Gasteiger partial charge < -0.3 is 0 Å². The van der Waals surface area contributed by atoms with Crippen molar-refractivity contribution in [3.63, 3.8) is 0 Å². The molecule has 96 valence electrons. The molecule has 3 saturated heterocycles. The molecule has 2 bridgehead atoms. The molecule has 0 aromatic heterocycles. The summed E-state index contributed by atoms with van der Waals surface area (Å²) >= 11 is 0. The monoisotopic (exact) mass is 252 g/mol. The summed E-state index contributed by atoms with van der Waals surface area (Å²) in [6, 6.07) is 2.76. The van der Waals surface area contributed by atoms with Crippen LogP contribution in [-0.4, -0.2) is 54.3 Å². The highest BCUT2D eigenvalue weighted by Crippen LogP contribution is 2.20. The molecule has 0 amide bonds. The summed E-state index contributed by atoms with van der Waals surface area (Å²) in [4.78, 5) is 16.6. The minimum Gasteiger partial charge on any atom is -0.299 e. The molecule has 3 fully saturated rings. The standard InChI is InChI=1S/C13H14F2N2O/c14-10-5-9(6-11(15)7-10)13(18)12-8-16-1-3-17(12)4-2-16/h5-7,12H,1-4,8H2. The van der Waals surface area contributed by atoms with Crippen molar-refractivity contribution in [3.8, 4) is 0 Å². The molecule has 0 radical (unpaired) electrons. The van der Waals surface area contributed by atoms with Crippen LogP contribution in [0.2, 0.25) is 0 Å². The van der Waals surface area contributed by atoms with Crippen LogP contribution in [0, 0.1) is 11.6 Å². The van der Waals surface area contributed by atoms with E-state index in [1.807, 2.05) is 0 Å². The first-order chi connectivity index (χ1) is 8.63. The van der Waals surface area contributed by atoms with E-state index in [0.29, 0.717) is 6.54 Å². The van der Waals surface area contributed by atoms with E-state index < -0.39 is 11.6 Å². The third-order valence-electron chi connectivity index (χ3n) is 3.73. The molecule has 1 atom stereocenters. The number of piperazine rings is 3. The molecule has 0 spiro atoms. The average molecular weight is 252 g/mol. The van der Waals surface area contributed by atoms with Crippen molar-refractivity contribution in [3.05, 3.63) is 35.4 Å². The Morgan fingerprint density at radius 1 is 1.06 bits per heavy atom. The van der Waals surface area contributed by atoms with Crippen LogP contribution in [0.1, 0.15) is 10.4 Å². The van der Waals surface area contributed by atoms with Crippen LogP contribution in [0.5, 0.6) is 0 Å². The number of Topliss-reactive ketones (excluding diaryl/α,β-unsaturated/α-hetero) is 1. The summed E-state index contributed by atoms with van der Waals surface area (Å²) in [7, 11) is 0. The maximum absolute atomic E-state index is 13.1. The summed E-state index contributed by atoms with van der Waals surface area (Å²) in [5, 5.41) is 0. The summed E-state index contributed by atoms with van der Waals surface area (Å²) < 4.78 is 26.3. The molecule has 0 N–H and O–H groups in total. The number of hydrogen-bond donors (Lipinski definition) is 0. The van der Waals surface area contributed by atoms with Gasteiger partial charge in [-0.1, -0.05) is 0 Å². The lowest BCUT2D eigenvalue weighted by atomic mass is 9.98. The Hall–Kier alpha value is -1.33. The number of halogens is 2. The second-order valence-corrected chi connectivity index (χ2v) is 4.87. The van der Waals surface area contributed by atoms with Gasteiger partial charge in [-0.3, -0.25) is 14.6 Å². The lowest BCUT2D eigenvalue weighted by Crippen LogP contribution is -2.63. The SMILES string of the molecule is O=C(c1cc(F)cc(F)c1)C1CN2CCN1CC2. The van der Waals surface area contributed by atoms with Crippen LogP contribution in [0.4, 0.5) is 8.78 Å². The van der Waals surface area contributed by atoms with Gasteiger partial charge in [0.25, 0.3) is 0 Å². The predicted molar refractivity (Wildman–Crippen MR) is 62.5 cm³/mol. The molecule has 3 nitrogen and oxygen atoms in total. The molecule has 0 aliphatic carbocycles. The van der Waals surface area contributed by atoms with Crippen LogP contribution in [0.15, 0.2) is 18.2 Å². The van der Waals surface area contributed by atoms with E-state index in [-0.39, 0.29) is 17.4 Å². The van der Waals surface area contributed by atoms with E-state index >= 15 is 0 Å². The predicted octanol–water partition coefficient (Wildman–Crippen LogP) is 1.15. The van der Waals surface area contributed by atoms with Gasteiger partial charge in [0.2, 0.25) is 0 Å². The second-order valence-electron chi connectivity index (χ2n) is 4.87. The van der Waals surface area contributed by atoms with Gasteiger partial charge in [-0.25, -0.2) is 8.78 Å². The zero-order valence-corrected chi connectivity index (χ0v) is 9.90. The Morgan fingerprint density at radius 3 is 2.17 bits per heavy atom. The fourth-order valence-corrected chi connectivity index (χ4v) is 2.75. The number of ketones is 1. The van der Waals surface area contributed by atoms with E-state index in [9.17, 15) is 13.6 Å². The van der Waals surface area contributed by atoms with Gasteiger partial charge >= 0.3 is 0 Å². The summed E-state index contributed by atoms with van der Waals surface area (Å²) in [6.45, 7) is 4.32. The normalized spacial score (nSPS) is 30.4. The van der Waals surface area contributed by atoms with Gasteiger partial charge in [-0.05, 0) is 12.1 Å². The quantitative estimate of drug-likeness (QED) is 0.738. The number of benzene rings is 1. The summed E-state index contributed by atoms with van der Waals surface area (Å²) in [5.74, 6) is -1.58. The first kappa shape index (κ1) is 11.7. The molecule has 18 heavy (non-hydrogen) atoms. The maximum atomic E-state index is 13.1. The summed E-state index contributed by atoms with van der Waals surface area (Å²) in [6.07, 6.45) is 0. The molecule has 4 rings (SSSR count). The number of carbonyl (C=O) groups excluding carboxylic acids is 1. The largest absolute Gasteiger partial charge is 0.299 e. The smallest absolute Gasteiger partial charge is 0.181 e. The number of carbonyl (C=O) groups is 1. The number of rotatable bonds is 2. The summed E-state index contributed by atoms with van der Waals surface area (Å²) in [5.41, 5.74) is 0.131. The van der Waals surface area contributed by atoms with Crippen molar-refractivity contribution in [1.82, 2.24) is 9.80 Å². The minimum atomic E-state index is -0.699. The molecule has 3 heterocycles. The Morgan fingerprint density at radius 2 is 1.67 bits per heavy atom. The van der Waals surface area contributed by atoms with Crippen molar-refractivity contribution >= 4 is 5.78 Å². The zero-order valence-electron chi connectivity index (χ0n) is 9.90. The highest BCUT2D eigenvalue weighted by molar-refractivity contribution is 6.00. The Labute approximate surface area is 104 Å². The van der Waals surface area contributed by atoms with Crippen LogP contribution in [-0.2, 0) is 0 Å². The van der Waals surface area contributed by atoms with Crippen molar-refractivity contribution in [1.29, 1.82) is 0 Å². The molecule has 3 aliphatic heterocycles. The lowest BCUT2D eigenvalue weighted by molar-refractivity contribution is 0.0159. The van der Waals surface area contributed by atoms with E-state index in [1.54, 1.807) is 0 Å². The number of nitrogens with zero attached hydrogens (tertiary/aromatic N) is 2. The first-order valence-electron chi connectivity index (χ1n) is 6.10. The fraction of sp³-hybridized carbons (Fsp3) is 0.462. The van der Waals surface area contributed by atoms with Crippen molar-refractivity contribution in [2.45, 2.75) is 6.04 Å². The Bertz CT molecular complexity index is 464. The van der Waals surface area contributed by atoms with E-state index in [4.69, 9.17) is 0 Å². The molecule has 3 aliphatic rings. The van der Waals surface area contributed by atoms with Crippen LogP contribution in [0.25, 0.3) is 0 Å². The van der Waals surface area contributed by atoms with Crippen LogP contribution >= 0.6 is 0 Å². The second kappa shape index (κ2) is 4.40. The van der Waals surface area contributed by atoms with Gasteiger partial charge in [0.05, 0.1) is 6.04 Å². The van der Waals surface area contributed by atoms with Crippen molar-refractivity contribution < 1.29 is 13.6 Å². The maximum Gasteiger partial charge on any atom is 0.181 e. The Balaban J connectivity index is 1.86. The number of hydrogen-bond acceptors (Lipinski definition) is 3. The molecule has 0 saturated carbocycles. The lowest BCUT2D eigenvalue weighted by Gasteiger charge is -2.46. The van der Waals surface area contributed by atoms with Crippen LogP contribution < -0.4 is 0 Å². The van der Waals surface area contributed by atoms with Crippen LogP contribution in [0.3, 0.4) is 0 Å². The third kappa shape index (κ3) is 2.04. The van der Waals surface area contributed by atoms with Gasteiger partial charge in [0.15, 0.2) is 5.78 Å². The molecular formula is C13H14F2N2O. The molecule has 1 aromatic carbocycles. The Kier molecular flexibility index (Phi) is 2.87. The molecule has 1 unspecified atom stereocenters. The van der Waals surface area contributed by atoms with Gasteiger partial charge in [0.1, 0.15) is 11.6 Å². The minimum absolute atomic E-state index is 0.131. The molecule has 5 heteroatoms. The van der Waals surface area contributed by atoms with Gasteiger partial charge in [-0.2, -0.15) is 0 Å². The first-order valence-corrected chi connectivity index (χ1v) is 6.10. The average Bonchev–Trinajstić information content (AvgIpc) is 2.38. The third-order valence-corrected chi connectivity index (χ3v) is 3.73. The highest BCUT2D eigenvalue weighted by Gasteiger charge is 2.36. The van der Waals surface area contributed by atoms with Gasteiger partial charge in [-0.15, -0.1) is 0 Å².